The van der Waals surface area contributed by atoms with E-state index in [1.165, 1.54) is 0 Å². The molecule has 2 aromatic carbocycles. The predicted octanol–water partition coefficient (Wildman–Crippen LogP) is 5.35. The van der Waals surface area contributed by atoms with E-state index < -0.39 is 11.5 Å². The summed E-state index contributed by atoms with van der Waals surface area (Å²) in [5.74, 6) is -0.0743. The Labute approximate surface area is 184 Å². The van der Waals surface area contributed by atoms with Gasteiger partial charge in [0.05, 0.1) is 28.7 Å². The van der Waals surface area contributed by atoms with Crippen LogP contribution in [0.2, 0.25) is 10.0 Å². The number of rotatable bonds is 4. The van der Waals surface area contributed by atoms with Gasteiger partial charge >= 0.3 is 5.97 Å². The monoisotopic (exact) mass is 441 g/mol. The first-order chi connectivity index (χ1) is 14.2. The van der Waals surface area contributed by atoms with Crippen LogP contribution in [-0.2, 0) is 16.9 Å². The quantitative estimate of drug-likeness (QED) is 0.572. The number of carboxylic acid groups (broad SMARTS) is 1. The molecule has 2 N–H and O–H groups in total. The Morgan fingerprint density at radius 1 is 1.23 bits per heavy atom. The Hall–Kier alpha value is -2.76. The van der Waals surface area contributed by atoms with Gasteiger partial charge in [0, 0.05) is 10.0 Å². The molecule has 1 aliphatic heterocycles. The zero-order valence-corrected chi connectivity index (χ0v) is 18.3. The van der Waals surface area contributed by atoms with E-state index in [1.54, 1.807) is 24.4 Å². The molecule has 0 amide bonds. The molecule has 4 rings (SSSR count). The summed E-state index contributed by atoms with van der Waals surface area (Å²) in [6.07, 6.45) is 4.98. The van der Waals surface area contributed by atoms with Crippen molar-refractivity contribution in [1.29, 1.82) is 0 Å². The lowest BCUT2D eigenvalue weighted by Crippen LogP contribution is -2.37. The zero-order chi connectivity index (χ0) is 21.6. The number of fused-ring (bicyclic) bond motifs is 1. The summed E-state index contributed by atoms with van der Waals surface area (Å²) < 4.78 is 2.12. The lowest BCUT2D eigenvalue weighted by atomic mass is 9.87. The van der Waals surface area contributed by atoms with Gasteiger partial charge in [-0.2, -0.15) is 0 Å². The van der Waals surface area contributed by atoms with Crippen molar-refractivity contribution < 1.29 is 9.90 Å². The van der Waals surface area contributed by atoms with Crippen molar-refractivity contribution in [2.75, 3.05) is 0 Å². The van der Waals surface area contributed by atoms with Crippen molar-refractivity contribution in [2.45, 2.75) is 32.9 Å². The van der Waals surface area contributed by atoms with E-state index in [0.29, 0.717) is 16.6 Å². The Morgan fingerprint density at radius 2 is 2.00 bits per heavy atom. The molecule has 0 saturated carbocycles. The highest BCUT2D eigenvalue weighted by atomic mass is 35.5. The fraction of sp³-hybridized carbons (Fsp3) is 0.217. The first-order valence-corrected chi connectivity index (χ1v) is 10.3. The van der Waals surface area contributed by atoms with Crippen LogP contribution in [0.1, 0.15) is 29.4 Å². The Balaban J connectivity index is 1.84. The number of imidazole rings is 1. The number of nitrogens with one attached hydrogen (secondary N) is 1. The molecule has 0 fully saturated rings. The molecule has 5 nitrogen and oxygen atoms in total. The van der Waals surface area contributed by atoms with Crippen LogP contribution in [0.5, 0.6) is 0 Å². The molecule has 0 aliphatic carbocycles. The van der Waals surface area contributed by atoms with Crippen molar-refractivity contribution in [3.05, 3.63) is 86.8 Å². The van der Waals surface area contributed by atoms with Crippen molar-refractivity contribution in [3.63, 3.8) is 0 Å². The number of aryl methyl sites for hydroxylation is 2. The second kappa shape index (κ2) is 7.49. The van der Waals surface area contributed by atoms with Gasteiger partial charge in [-0.15, -0.1) is 0 Å². The molecule has 1 aliphatic rings. The van der Waals surface area contributed by atoms with Gasteiger partial charge in [0.15, 0.2) is 0 Å². The number of aliphatic carboxylic acids is 1. The van der Waals surface area contributed by atoms with E-state index in [4.69, 9.17) is 28.2 Å². The van der Waals surface area contributed by atoms with Gasteiger partial charge < -0.3 is 15.0 Å². The SMILES string of the molecule is Cc1cc(C2(C)C=C(C(=O)O)C=CN2)cc2c1nc(C)n2Cc1ccc(Cl)cc1Cl. The van der Waals surface area contributed by atoms with Gasteiger partial charge in [0.25, 0.3) is 0 Å². The lowest BCUT2D eigenvalue weighted by Gasteiger charge is -2.31. The third-order valence-corrected chi connectivity index (χ3v) is 6.10. The molecule has 30 heavy (non-hydrogen) atoms. The summed E-state index contributed by atoms with van der Waals surface area (Å²) in [5.41, 5.74) is 4.42. The van der Waals surface area contributed by atoms with Gasteiger partial charge in [-0.3, -0.25) is 0 Å². The van der Waals surface area contributed by atoms with Crippen LogP contribution in [-0.4, -0.2) is 20.6 Å². The van der Waals surface area contributed by atoms with E-state index in [-0.39, 0.29) is 5.57 Å². The average molecular weight is 442 g/mol. The molecule has 3 aromatic rings. The summed E-state index contributed by atoms with van der Waals surface area (Å²) in [4.78, 5) is 16.2. The van der Waals surface area contributed by atoms with E-state index in [1.807, 2.05) is 32.9 Å². The van der Waals surface area contributed by atoms with Crippen LogP contribution < -0.4 is 5.32 Å². The minimum Gasteiger partial charge on any atom is -0.478 e. The van der Waals surface area contributed by atoms with Crippen LogP contribution >= 0.6 is 23.2 Å². The summed E-state index contributed by atoms with van der Waals surface area (Å²) in [5, 5.41) is 13.9. The molecule has 2 heterocycles. The highest BCUT2D eigenvalue weighted by Crippen LogP contribution is 2.32. The normalized spacial score (nSPS) is 18.4. The van der Waals surface area contributed by atoms with Crippen molar-refractivity contribution >= 4 is 40.2 Å². The number of aromatic nitrogens is 2. The highest BCUT2D eigenvalue weighted by Gasteiger charge is 2.28. The first kappa shape index (κ1) is 20.5. The third kappa shape index (κ3) is 3.59. The number of hydrogen-bond acceptors (Lipinski definition) is 3. The minimum absolute atomic E-state index is 0.256. The highest BCUT2D eigenvalue weighted by molar-refractivity contribution is 6.35. The summed E-state index contributed by atoms with van der Waals surface area (Å²) in [6, 6.07) is 9.60. The molecule has 1 aromatic heterocycles. The molecular weight excluding hydrogens is 421 g/mol. The van der Waals surface area contributed by atoms with Crippen LogP contribution in [0.4, 0.5) is 0 Å². The molecule has 0 radical (unpaired) electrons. The zero-order valence-electron chi connectivity index (χ0n) is 16.8. The maximum absolute atomic E-state index is 11.5. The molecule has 7 heteroatoms. The second-order valence-electron chi connectivity index (χ2n) is 7.73. The number of dihydropyridines is 1. The van der Waals surface area contributed by atoms with Gasteiger partial charge in [-0.25, -0.2) is 9.78 Å². The lowest BCUT2D eigenvalue weighted by molar-refractivity contribution is -0.132. The van der Waals surface area contributed by atoms with Gasteiger partial charge in [-0.1, -0.05) is 35.3 Å². The number of benzene rings is 2. The van der Waals surface area contributed by atoms with E-state index in [0.717, 1.165) is 33.5 Å². The maximum atomic E-state index is 11.5. The van der Waals surface area contributed by atoms with Crippen LogP contribution in [0.3, 0.4) is 0 Å². The van der Waals surface area contributed by atoms with Crippen molar-refractivity contribution in [1.82, 2.24) is 14.9 Å². The number of nitrogens with zero attached hydrogens (tertiary/aromatic N) is 2. The number of hydrogen-bond donors (Lipinski definition) is 2. The van der Waals surface area contributed by atoms with Crippen molar-refractivity contribution in [3.8, 4) is 0 Å². The first-order valence-electron chi connectivity index (χ1n) is 9.50. The van der Waals surface area contributed by atoms with Gasteiger partial charge in [0.2, 0.25) is 0 Å². The van der Waals surface area contributed by atoms with Crippen LogP contribution in [0.25, 0.3) is 11.0 Å². The fourth-order valence-electron chi connectivity index (χ4n) is 3.83. The molecule has 154 valence electrons. The summed E-state index contributed by atoms with van der Waals surface area (Å²) >= 11 is 12.4. The standard InChI is InChI=1S/C23H21Cl2N3O2/c1-13-8-17(23(3)11-15(22(29)30)6-7-26-23)9-20-21(13)27-14(2)28(20)12-16-4-5-18(24)10-19(16)25/h4-11,26H,12H2,1-3H3,(H,29,30). The largest absolute Gasteiger partial charge is 0.478 e. The van der Waals surface area contributed by atoms with Crippen LogP contribution in [0, 0.1) is 13.8 Å². The topological polar surface area (TPSA) is 67.2 Å². The van der Waals surface area contributed by atoms with E-state index in [2.05, 4.69) is 22.0 Å². The Morgan fingerprint density at radius 3 is 2.70 bits per heavy atom. The smallest absolute Gasteiger partial charge is 0.335 e. The fourth-order valence-corrected chi connectivity index (χ4v) is 4.30. The second-order valence-corrected chi connectivity index (χ2v) is 8.57. The average Bonchev–Trinajstić information content (AvgIpc) is 3.00. The van der Waals surface area contributed by atoms with Gasteiger partial charge in [0.1, 0.15) is 5.82 Å². The molecule has 1 unspecified atom stereocenters. The molecule has 0 bridgehead atoms. The molecule has 1 atom stereocenters. The summed E-state index contributed by atoms with van der Waals surface area (Å²) in [6.45, 7) is 6.50. The molecule has 0 saturated heterocycles. The minimum atomic E-state index is -0.949. The number of halogens is 2. The Bertz CT molecular complexity index is 1240. The van der Waals surface area contributed by atoms with Crippen LogP contribution in [0.15, 0.2) is 54.3 Å². The third-order valence-electron chi connectivity index (χ3n) is 5.52. The number of carboxylic acids is 1. The van der Waals surface area contributed by atoms with E-state index >= 15 is 0 Å². The van der Waals surface area contributed by atoms with E-state index in [9.17, 15) is 9.90 Å². The number of carbonyl (C=O) groups is 1. The summed E-state index contributed by atoms with van der Waals surface area (Å²) in [7, 11) is 0. The van der Waals surface area contributed by atoms with Crippen molar-refractivity contribution in [2.24, 2.45) is 0 Å². The molecule has 0 spiro atoms. The molecular formula is C23H21Cl2N3O2. The van der Waals surface area contributed by atoms with Gasteiger partial charge in [-0.05, 0) is 74.0 Å². The maximum Gasteiger partial charge on any atom is 0.335 e. The predicted molar refractivity (Wildman–Crippen MR) is 120 cm³/mol. The Kier molecular flexibility index (Phi) is 5.12.